The molecule has 1 atom stereocenters. The Kier molecular flexibility index (Phi) is 4.40. The van der Waals surface area contributed by atoms with Crippen molar-refractivity contribution in [2.45, 2.75) is 12.6 Å². The molecule has 3 heteroatoms. The number of halogens is 1. The molecule has 1 aromatic rings. The molecule has 0 spiro atoms. The molecule has 0 heterocycles. The first-order valence-corrected chi connectivity index (χ1v) is 4.68. The summed E-state index contributed by atoms with van der Waals surface area (Å²) in [7, 11) is 3.36. The summed E-state index contributed by atoms with van der Waals surface area (Å²) < 4.78 is 18.3. The topological polar surface area (TPSA) is 21.3 Å². The Morgan fingerprint density at radius 2 is 2.29 bits per heavy atom. The molecule has 1 unspecified atom stereocenters. The highest BCUT2D eigenvalue weighted by Crippen LogP contribution is 2.14. The van der Waals surface area contributed by atoms with Crippen molar-refractivity contribution in [3.05, 3.63) is 29.8 Å². The maximum Gasteiger partial charge on any atom is 0.119 e. The lowest BCUT2D eigenvalue weighted by molar-refractivity contribution is 0.324. The quantitative estimate of drug-likeness (QED) is 0.777. The van der Waals surface area contributed by atoms with Gasteiger partial charge < -0.3 is 10.1 Å². The minimum absolute atomic E-state index is 0.386. The first-order chi connectivity index (χ1) is 6.76. The molecule has 0 amide bonds. The van der Waals surface area contributed by atoms with Crippen molar-refractivity contribution in [2.75, 3.05) is 20.7 Å². The molecule has 78 valence electrons. The van der Waals surface area contributed by atoms with Crippen LogP contribution in [0.15, 0.2) is 24.3 Å². The van der Waals surface area contributed by atoms with Gasteiger partial charge in [0.1, 0.15) is 11.9 Å². The zero-order valence-corrected chi connectivity index (χ0v) is 8.59. The Labute approximate surface area is 84.1 Å². The van der Waals surface area contributed by atoms with Gasteiger partial charge >= 0.3 is 0 Å². The smallest absolute Gasteiger partial charge is 0.119 e. The lowest BCUT2D eigenvalue weighted by Gasteiger charge is -2.08. The zero-order chi connectivity index (χ0) is 10.4. The van der Waals surface area contributed by atoms with E-state index in [0.717, 1.165) is 11.3 Å². The van der Waals surface area contributed by atoms with Gasteiger partial charge in [-0.1, -0.05) is 12.1 Å². The molecule has 1 rings (SSSR count). The number of ether oxygens (including phenoxy) is 1. The fourth-order valence-electron chi connectivity index (χ4n) is 1.35. The molecule has 0 aromatic heterocycles. The van der Waals surface area contributed by atoms with Crippen LogP contribution in [0.4, 0.5) is 4.39 Å². The van der Waals surface area contributed by atoms with Gasteiger partial charge in [0, 0.05) is 13.0 Å². The maximum atomic E-state index is 13.2. The molecule has 0 aliphatic heterocycles. The lowest BCUT2D eigenvalue weighted by atomic mass is 10.1. The third-order valence-electron chi connectivity index (χ3n) is 2.02. The number of hydrogen-bond donors (Lipinski definition) is 1. The molecular weight excluding hydrogens is 181 g/mol. The van der Waals surface area contributed by atoms with Crippen molar-refractivity contribution in [3.63, 3.8) is 0 Å². The molecule has 0 bridgehead atoms. The second-order valence-electron chi connectivity index (χ2n) is 3.21. The van der Waals surface area contributed by atoms with Crippen LogP contribution in [0.5, 0.6) is 5.75 Å². The van der Waals surface area contributed by atoms with Crippen LogP contribution in [0.2, 0.25) is 0 Å². The van der Waals surface area contributed by atoms with Gasteiger partial charge in [0.25, 0.3) is 0 Å². The van der Waals surface area contributed by atoms with Gasteiger partial charge in [0.15, 0.2) is 0 Å². The van der Waals surface area contributed by atoms with Crippen LogP contribution in [0.3, 0.4) is 0 Å². The highest BCUT2D eigenvalue weighted by atomic mass is 19.1. The summed E-state index contributed by atoms with van der Waals surface area (Å²) in [5.74, 6) is 0.777. The fraction of sp³-hybridized carbons (Fsp3) is 0.455. The van der Waals surface area contributed by atoms with E-state index in [4.69, 9.17) is 4.74 Å². The summed E-state index contributed by atoms with van der Waals surface area (Å²) in [6.45, 7) is 0.386. The van der Waals surface area contributed by atoms with E-state index < -0.39 is 6.17 Å². The van der Waals surface area contributed by atoms with Crippen LogP contribution >= 0.6 is 0 Å². The van der Waals surface area contributed by atoms with E-state index in [9.17, 15) is 4.39 Å². The average Bonchev–Trinajstić information content (AvgIpc) is 2.18. The lowest BCUT2D eigenvalue weighted by Crippen LogP contribution is -2.21. The number of rotatable bonds is 5. The Morgan fingerprint density at radius 1 is 1.50 bits per heavy atom. The third-order valence-corrected chi connectivity index (χ3v) is 2.02. The summed E-state index contributed by atoms with van der Waals surface area (Å²) >= 11 is 0. The monoisotopic (exact) mass is 197 g/mol. The van der Waals surface area contributed by atoms with Crippen LogP contribution in [0.25, 0.3) is 0 Å². The van der Waals surface area contributed by atoms with E-state index in [1.807, 2.05) is 24.3 Å². The second kappa shape index (κ2) is 5.60. The minimum Gasteiger partial charge on any atom is -0.497 e. The average molecular weight is 197 g/mol. The fourth-order valence-corrected chi connectivity index (χ4v) is 1.35. The predicted octanol–water partition coefficient (Wildman–Crippen LogP) is 1.80. The molecule has 0 radical (unpaired) electrons. The second-order valence-corrected chi connectivity index (χ2v) is 3.21. The van der Waals surface area contributed by atoms with Crippen molar-refractivity contribution in [1.29, 1.82) is 0 Å². The number of alkyl halides is 1. The van der Waals surface area contributed by atoms with Crippen LogP contribution in [-0.2, 0) is 6.42 Å². The molecule has 1 aromatic carbocycles. The molecule has 0 saturated heterocycles. The SMILES string of the molecule is CNCC(F)Cc1cccc(OC)c1. The maximum absolute atomic E-state index is 13.2. The Morgan fingerprint density at radius 3 is 2.93 bits per heavy atom. The molecule has 1 N–H and O–H groups in total. The largest absolute Gasteiger partial charge is 0.497 e. The van der Waals surface area contributed by atoms with E-state index in [1.165, 1.54) is 0 Å². The van der Waals surface area contributed by atoms with E-state index in [-0.39, 0.29) is 0 Å². The standard InChI is InChI=1S/C11H16FNO/c1-13-8-10(12)6-9-4-3-5-11(7-9)14-2/h3-5,7,10,13H,6,8H2,1-2H3. The summed E-state index contributed by atoms with van der Waals surface area (Å²) in [5.41, 5.74) is 0.965. The van der Waals surface area contributed by atoms with Gasteiger partial charge in [0.2, 0.25) is 0 Å². The number of hydrogen-bond acceptors (Lipinski definition) is 2. The van der Waals surface area contributed by atoms with Crippen molar-refractivity contribution >= 4 is 0 Å². The Bertz CT molecular complexity index is 278. The first-order valence-electron chi connectivity index (χ1n) is 4.68. The van der Waals surface area contributed by atoms with Gasteiger partial charge in [-0.15, -0.1) is 0 Å². The predicted molar refractivity (Wildman–Crippen MR) is 55.5 cm³/mol. The van der Waals surface area contributed by atoms with Crippen LogP contribution in [-0.4, -0.2) is 26.9 Å². The molecule has 0 fully saturated rings. The first kappa shape index (κ1) is 11.0. The highest BCUT2D eigenvalue weighted by molar-refractivity contribution is 5.28. The molecule has 0 saturated carbocycles. The van der Waals surface area contributed by atoms with Gasteiger partial charge in [-0.2, -0.15) is 0 Å². The van der Waals surface area contributed by atoms with Gasteiger partial charge in [0.05, 0.1) is 7.11 Å². The molecule has 0 aliphatic rings. The number of methoxy groups -OCH3 is 1. The highest BCUT2D eigenvalue weighted by Gasteiger charge is 2.06. The van der Waals surface area contributed by atoms with Crippen molar-refractivity contribution in [3.8, 4) is 5.75 Å². The van der Waals surface area contributed by atoms with Crippen molar-refractivity contribution < 1.29 is 9.13 Å². The van der Waals surface area contributed by atoms with E-state index >= 15 is 0 Å². The summed E-state index contributed by atoms with van der Waals surface area (Å²) in [5, 5.41) is 2.81. The van der Waals surface area contributed by atoms with Crippen LogP contribution in [0, 0.1) is 0 Å². The van der Waals surface area contributed by atoms with Crippen molar-refractivity contribution in [2.24, 2.45) is 0 Å². The van der Waals surface area contributed by atoms with Crippen molar-refractivity contribution in [1.82, 2.24) is 5.32 Å². The van der Waals surface area contributed by atoms with Crippen LogP contribution < -0.4 is 10.1 Å². The van der Waals surface area contributed by atoms with Gasteiger partial charge in [-0.05, 0) is 24.7 Å². The third kappa shape index (κ3) is 3.34. The van der Waals surface area contributed by atoms with E-state index in [1.54, 1.807) is 14.2 Å². The molecule has 2 nitrogen and oxygen atoms in total. The van der Waals surface area contributed by atoms with Gasteiger partial charge in [-0.25, -0.2) is 4.39 Å². The molecule has 0 aliphatic carbocycles. The Balaban J connectivity index is 2.57. The minimum atomic E-state index is -0.841. The number of nitrogens with one attached hydrogen (secondary N) is 1. The van der Waals surface area contributed by atoms with Crippen LogP contribution in [0.1, 0.15) is 5.56 Å². The summed E-state index contributed by atoms with van der Waals surface area (Å²) in [4.78, 5) is 0. The van der Waals surface area contributed by atoms with E-state index in [0.29, 0.717) is 13.0 Å². The molecule has 14 heavy (non-hydrogen) atoms. The Hall–Kier alpha value is -1.09. The molecular formula is C11H16FNO. The zero-order valence-electron chi connectivity index (χ0n) is 8.59. The summed E-state index contributed by atoms with van der Waals surface area (Å²) in [6, 6.07) is 7.50. The number of benzene rings is 1. The van der Waals surface area contributed by atoms with Gasteiger partial charge in [-0.3, -0.25) is 0 Å². The normalized spacial score (nSPS) is 12.5. The summed E-state index contributed by atoms with van der Waals surface area (Å²) in [6.07, 6.45) is -0.412. The van der Waals surface area contributed by atoms with E-state index in [2.05, 4.69) is 5.32 Å².